The number of carboxylic acid groups (broad SMARTS) is 2. The summed E-state index contributed by atoms with van der Waals surface area (Å²) in [5, 5.41) is 18.2. The van der Waals surface area contributed by atoms with Crippen LogP contribution in [0.1, 0.15) is 67.8 Å². The lowest BCUT2D eigenvalue weighted by atomic mass is 10.1. The van der Waals surface area contributed by atoms with Gasteiger partial charge < -0.3 is 25.4 Å². The Labute approximate surface area is 273 Å². The molecular formula is C32H43N5O8S. The molecule has 13 nitrogen and oxygen atoms in total. The second-order valence-corrected chi connectivity index (χ2v) is 12.8. The van der Waals surface area contributed by atoms with E-state index in [2.05, 4.69) is 9.98 Å². The van der Waals surface area contributed by atoms with E-state index in [0.717, 1.165) is 10.7 Å². The minimum atomic E-state index is -0.973. The maximum atomic E-state index is 12.2. The highest BCUT2D eigenvalue weighted by atomic mass is 32.2. The van der Waals surface area contributed by atoms with Crippen molar-refractivity contribution in [3.63, 3.8) is 0 Å². The molecule has 4 N–H and O–H groups in total. The van der Waals surface area contributed by atoms with E-state index in [1.165, 1.54) is 34.9 Å². The first-order chi connectivity index (χ1) is 21.4. The van der Waals surface area contributed by atoms with E-state index in [4.69, 9.17) is 25.4 Å². The lowest BCUT2D eigenvalue weighted by Gasteiger charge is -2.25. The zero-order valence-electron chi connectivity index (χ0n) is 27.3. The van der Waals surface area contributed by atoms with E-state index in [0.29, 0.717) is 44.1 Å². The minimum absolute atomic E-state index is 0.222. The summed E-state index contributed by atoms with van der Waals surface area (Å²) < 4.78 is 10.6. The Morgan fingerprint density at radius 2 is 1.30 bits per heavy atom. The smallest absolute Gasteiger partial charge is 0.416 e. The van der Waals surface area contributed by atoms with E-state index >= 15 is 0 Å². The Morgan fingerprint density at radius 3 is 1.80 bits per heavy atom. The van der Waals surface area contributed by atoms with Crippen molar-refractivity contribution in [3.8, 4) is 0 Å². The average molecular weight is 658 g/mol. The number of aliphatic imine (C=N–C) groups is 2. The van der Waals surface area contributed by atoms with Crippen LogP contribution in [0.25, 0.3) is 0 Å². The fourth-order valence-corrected chi connectivity index (χ4v) is 4.52. The van der Waals surface area contributed by atoms with E-state index < -0.39 is 29.2 Å². The summed E-state index contributed by atoms with van der Waals surface area (Å²) in [4.78, 5) is 56.7. The van der Waals surface area contributed by atoms with Crippen molar-refractivity contribution in [2.75, 3.05) is 38.2 Å². The van der Waals surface area contributed by atoms with Crippen LogP contribution in [0.2, 0.25) is 0 Å². The molecule has 4 rings (SSSR count). The van der Waals surface area contributed by atoms with Crippen LogP contribution in [0.5, 0.6) is 0 Å². The van der Waals surface area contributed by atoms with E-state index in [1.54, 1.807) is 29.2 Å². The Morgan fingerprint density at radius 1 is 0.804 bits per heavy atom. The van der Waals surface area contributed by atoms with Gasteiger partial charge in [0.2, 0.25) is 0 Å². The normalized spacial score (nSPS) is 14.2. The van der Waals surface area contributed by atoms with Crippen molar-refractivity contribution >= 4 is 52.6 Å². The molecule has 2 aliphatic heterocycles. The van der Waals surface area contributed by atoms with Gasteiger partial charge in [0.05, 0.1) is 37.3 Å². The molecule has 2 heterocycles. The Hall–Kier alpha value is -4.59. The first kappa shape index (κ1) is 37.6. The molecule has 14 heteroatoms. The number of hydrogen-bond acceptors (Lipinski definition) is 10. The number of thioether (sulfide) groups is 1. The lowest BCUT2D eigenvalue weighted by Crippen LogP contribution is -2.39. The Kier molecular flexibility index (Phi) is 13.6. The fourth-order valence-electron chi connectivity index (χ4n) is 3.91. The van der Waals surface area contributed by atoms with Crippen LogP contribution in [-0.4, -0.2) is 98.8 Å². The number of ether oxygens (including phenoxy) is 2. The largest absolute Gasteiger partial charge is 0.478 e. The predicted molar refractivity (Wildman–Crippen MR) is 179 cm³/mol. The third-order valence-electron chi connectivity index (χ3n) is 5.81. The first-order valence-electron chi connectivity index (χ1n) is 14.4. The van der Waals surface area contributed by atoms with Gasteiger partial charge in [-0.2, -0.15) is 0 Å². The van der Waals surface area contributed by atoms with Crippen LogP contribution in [0.15, 0.2) is 58.5 Å². The molecule has 2 aromatic carbocycles. The minimum Gasteiger partial charge on any atom is -0.478 e. The van der Waals surface area contributed by atoms with Crippen molar-refractivity contribution < 1.29 is 38.9 Å². The highest BCUT2D eigenvalue weighted by Crippen LogP contribution is 2.17. The van der Waals surface area contributed by atoms with Crippen molar-refractivity contribution in [2.45, 2.75) is 59.2 Å². The molecule has 250 valence electrons. The fraction of sp³-hybridized carbons (Fsp3) is 0.438. The maximum Gasteiger partial charge on any atom is 0.416 e. The number of nitrogens with zero attached hydrogens (tertiary/aromatic N) is 4. The SMILES string of the molecule is CC(C)(C)OC(=O)N1CCN=C1Cc1cccc(C(=O)O)c1.CSC1=NCCN1C(=O)OC(C)(C)C.Nc1cccc(C(=O)O)c1. The van der Waals surface area contributed by atoms with Crippen LogP contribution >= 0.6 is 11.8 Å². The molecule has 2 aromatic rings. The number of rotatable bonds is 4. The molecule has 0 radical (unpaired) electrons. The predicted octanol–water partition coefficient (Wildman–Crippen LogP) is 5.50. The van der Waals surface area contributed by atoms with E-state index in [9.17, 15) is 19.2 Å². The molecule has 2 amide bonds. The molecule has 0 bridgehead atoms. The van der Waals surface area contributed by atoms with E-state index in [1.807, 2.05) is 53.9 Å². The molecule has 0 unspecified atom stereocenters. The second kappa shape index (κ2) is 16.6. The van der Waals surface area contributed by atoms with Crippen LogP contribution in [0.3, 0.4) is 0 Å². The summed E-state index contributed by atoms with van der Waals surface area (Å²) in [7, 11) is 0. The quantitative estimate of drug-likeness (QED) is 0.355. The van der Waals surface area contributed by atoms with Gasteiger partial charge in [0, 0.05) is 12.1 Å². The number of amides is 2. The van der Waals surface area contributed by atoms with Crippen LogP contribution in [-0.2, 0) is 15.9 Å². The van der Waals surface area contributed by atoms with Crippen molar-refractivity contribution in [3.05, 3.63) is 65.2 Å². The highest BCUT2D eigenvalue weighted by molar-refractivity contribution is 8.13. The van der Waals surface area contributed by atoms with Crippen LogP contribution in [0, 0.1) is 0 Å². The number of nitrogens with two attached hydrogens (primary N) is 1. The number of benzene rings is 2. The number of carboxylic acids is 2. The molecule has 0 spiro atoms. The number of anilines is 1. The number of amidine groups is 2. The second-order valence-electron chi connectivity index (χ2n) is 12.0. The molecule has 0 atom stereocenters. The summed E-state index contributed by atoms with van der Waals surface area (Å²) >= 11 is 1.47. The molecular weight excluding hydrogens is 614 g/mol. The zero-order valence-corrected chi connectivity index (χ0v) is 28.1. The summed E-state index contributed by atoms with van der Waals surface area (Å²) in [5.74, 6) is -1.32. The summed E-state index contributed by atoms with van der Waals surface area (Å²) in [5.41, 5.74) is 6.05. The van der Waals surface area contributed by atoms with E-state index in [-0.39, 0.29) is 17.2 Å². The Bertz CT molecular complexity index is 1460. The molecule has 0 fully saturated rings. The third kappa shape index (κ3) is 12.8. The molecule has 0 saturated heterocycles. The maximum absolute atomic E-state index is 12.2. The number of hydrogen-bond donors (Lipinski definition) is 3. The van der Waals surface area contributed by atoms with Gasteiger partial charge in [-0.05, 0) is 83.7 Å². The third-order valence-corrected chi connectivity index (χ3v) is 6.53. The topological polar surface area (TPSA) is 184 Å². The van der Waals surface area contributed by atoms with Gasteiger partial charge in [-0.1, -0.05) is 30.0 Å². The van der Waals surface area contributed by atoms with Crippen LogP contribution < -0.4 is 5.73 Å². The number of nitrogen functional groups attached to an aromatic ring is 1. The van der Waals surface area contributed by atoms with Crippen molar-refractivity contribution in [1.82, 2.24) is 9.80 Å². The average Bonchev–Trinajstić information content (AvgIpc) is 3.62. The lowest BCUT2D eigenvalue weighted by molar-refractivity contribution is 0.0373. The molecule has 2 aliphatic rings. The molecule has 0 saturated carbocycles. The number of aromatic carboxylic acids is 2. The zero-order chi connectivity index (χ0) is 34.7. The van der Waals surface area contributed by atoms with Gasteiger partial charge in [0.15, 0.2) is 5.17 Å². The summed E-state index contributed by atoms with van der Waals surface area (Å²) in [6.45, 7) is 13.3. The summed E-state index contributed by atoms with van der Waals surface area (Å²) in [6, 6.07) is 12.8. The highest BCUT2D eigenvalue weighted by Gasteiger charge is 2.29. The van der Waals surface area contributed by atoms with Crippen molar-refractivity contribution in [1.29, 1.82) is 0 Å². The van der Waals surface area contributed by atoms with Gasteiger partial charge in [0.25, 0.3) is 0 Å². The van der Waals surface area contributed by atoms with Gasteiger partial charge in [-0.15, -0.1) is 0 Å². The van der Waals surface area contributed by atoms with Gasteiger partial charge in [-0.3, -0.25) is 19.8 Å². The van der Waals surface area contributed by atoms with Gasteiger partial charge in [-0.25, -0.2) is 19.2 Å². The van der Waals surface area contributed by atoms with Gasteiger partial charge >= 0.3 is 24.1 Å². The first-order valence-corrected chi connectivity index (χ1v) is 15.7. The standard InChI is InChI=1S/C16H20N2O4.C9H16N2O2S.C7H7NO2/c1-16(2,3)22-15(21)18-8-7-17-13(18)10-11-5-4-6-12(9-11)14(19)20;1-9(2,3)13-8(12)11-6-5-10-7(11)14-4;8-6-3-1-2-5(4-6)7(9)10/h4-6,9H,7-8,10H2,1-3H3,(H,19,20);5-6H2,1-4H3;1-4H,8H2,(H,9,10). The number of carbonyl (C=O) groups is 4. The molecule has 0 aliphatic carbocycles. The molecule has 46 heavy (non-hydrogen) atoms. The van der Waals surface area contributed by atoms with Crippen LogP contribution in [0.4, 0.5) is 15.3 Å². The number of carbonyl (C=O) groups excluding carboxylic acids is 2. The molecule has 0 aromatic heterocycles. The van der Waals surface area contributed by atoms with Gasteiger partial charge in [0.1, 0.15) is 17.0 Å². The summed E-state index contributed by atoms with van der Waals surface area (Å²) in [6.07, 6.45) is 1.59. The monoisotopic (exact) mass is 657 g/mol. The Balaban J connectivity index is 0.000000262. The van der Waals surface area contributed by atoms with Crippen molar-refractivity contribution in [2.24, 2.45) is 9.98 Å².